The molecule has 1 heterocycles. The van der Waals surface area contributed by atoms with Gasteiger partial charge in [-0.2, -0.15) is 0 Å². The normalized spacial score (nSPS) is 13.4. The Morgan fingerprint density at radius 1 is 1.03 bits per heavy atom. The molecule has 9 heteroatoms. The van der Waals surface area contributed by atoms with Crippen molar-refractivity contribution >= 4 is 16.6 Å². The lowest BCUT2D eigenvalue weighted by molar-refractivity contribution is -0.384. The zero-order valence-electron chi connectivity index (χ0n) is 17.1. The Hall–Kier alpha value is -2.98. The molecule has 2 aromatic carbocycles. The van der Waals surface area contributed by atoms with Crippen molar-refractivity contribution in [3.8, 4) is 5.75 Å². The second-order valence-electron chi connectivity index (χ2n) is 7.38. The summed E-state index contributed by atoms with van der Waals surface area (Å²) in [5, 5.41) is 42.0. The number of aliphatic hydroxyl groups excluding tert-OH is 3. The lowest BCUT2D eigenvalue weighted by Crippen LogP contribution is -2.42. The fourth-order valence-corrected chi connectivity index (χ4v) is 3.49. The van der Waals surface area contributed by atoms with Crippen molar-refractivity contribution in [1.82, 2.24) is 9.47 Å². The van der Waals surface area contributed by atoms with Crippen LogP contribution in [0.15, 0.2) is 60.8 Å². The Bertz CT molecular complexity index is 975. The smallest absolute Gasteiger partial charge is 0.269 e. The van der Waals surface area contributed by atoms with Crippen LogP contribution in [0.2, 0.25) is 0 Å². The molecule has 9 nitrogen and oxygen atoms in total. The van der Waals surface area contributed by atoms with Gasteiger partial charge in [0.25, 0.3) is 5.69 Å². The van der Waals surface area contributed by atoms with Crippen LogP contribution >= 0.6 is 0 Å². The predicted molar refractivity (Wildman–Crippen MR) is 116 cm³/mol. The molecule has 31 heavy (non-hydrogen) atoms. The van der Waals surface area contributed by atoms with Crippen molar-refractivity contribution in [1.29, 1.82) is 0 Å². The van der Waals surface area contributed by atoms with Gasteiger partial charge < -0.3 is 24.6 Å². The highest BCUT2D eigenvalue weighted by molar-refractivity contribution is 5.79. The van der Waals surface area contributed by atoms with E-state index in [0.717, 1.165) is 10.9 Å². The largest absolute Gasteiger partial charge is 0.491 e. The summed E-state index contributed by atoms with van der Waals surface area (Å²) in [7, 11) is 0. The van der Waals surface area contributed by atoms with Gasteiger partial charge in [-0.3, -0.25) is 15.0 Å². The lowest BCUT2D eigenvalue weighted by Gasteiger charge is -2.27. The maximum Gasteiger partial charge on any atom is 0.269 e. The molecule has 2 atom stereocenters. The highest BCUT2D eigenvalue weighted by Gasteiger charge is 2.17. The topological polar surface area (TPSA) is 121 Å². The van der Waals surface area contributed by atoms with Gasteiger partial charge in [-0.05, 0) is 29.7 Å². The van der Waals surface area contributed by atoms with Crippen LogP contribution in [-0.4, -0.2) is 74.8 Å². The number of nitro benzene ring substituents is 1. The van der Waals surface area contributed by atoms with Crippen molar-refractivity contribution in [2.75, 3.05) is 32.8 Å². The standard InChI is InChI=1S/C22H27N3O6/c26-12-11-23(13-19(27)15-24-10-9-17-3-1-2-4-22(17)24)14-20(28)16-31-21-7-5-18(6-8-21)25(29)30/h1-10,19-20,26-28H,11-16H2. The summed E-state index contributed by atoms with van der Waals surface area (Å²) in [6.45, 7) is 1.06. The van der Waals surface area contributed by atoms with E-state index in [9.17, 15) is 25.4 Å². The third kappa shape index (κ3) is 6.50. The molecule has 0 saturated heterocycles. The monoisotopic (exact) mass is 429 g/mol. The van der Waals surface area contributed by atoms with Gasteiger partial charge in [-0.1, -0.05) is 18.2 Å². The van der Waals surface area contributed by atoms with Gasteiger partial charge in [-0.25, -0.2) is 0 Å². The Kier molecular flexibility index (Phi) is 7.96. The minimum atomic E-state index is -0.860. The summed E-state index contributed by atoms with van der Waals surface area (Å²) in [5.74, 6) is 0.415. The lowest BCUT2D eigenvalue weighted by atomic mass is 10.2. The Morgan fingerprint density at radius 2 is 1.74 bits per heavy atom. The summed E-state index contributed by atoms with van der Waals surface area (Å²) in [4.78, 5) is 12.0. The quantitative estimate of drug-likeness (QED) is 0.296. The molecule has 2 unspecified atom stereocenters. The molecule has 0 radical (unpaired) electrons. The zero-order valence-corrected chi connectivity index (χ0v) is 17.1. The Balaban J connectivity index is 1.50. The highest BCUT2D eigenvalue weighted by Crippen LogP contribution is 2.18. The van der Waals surface area contributed by atoms with Gasteiger partial charge in [0.2, 0.25) is 0 Å². The maximum absolute atomic E-state index is 10.7. The summed E-state index contributed by atoms with van der Waals surface area (Å²) in [6.07, 6.45) is 0.378. The first kappa shape index (κ1) is 22.7. The van der Waals surface area contributed by atoms with Crippen LogP contribution in [0.25, 0.3) is 10.9 Å². The molecule has 1 aromatic heterocycles. The van der Waals surface area contributed by atoms with E-state index < -0.39 is 17.1 Å². The van der Waals surface area contributed by atoms with Crippen molar-refractivity contribution in [3.63, 3.8) is 0 Å². The van der Waals surface area contributed by atoms with Crippen molar-refractivity contribution in [2.45, 2.75) is 18.8 Å². The molecule has 166 valence electrons. The number of rotatable bonds is 12. The van der Waals surface area contributed by atoms with Crippen molar-refractivity contribution in [3.05, 3.63) is 70.9 Å². The number of fused-ring (bicyclic) bond motifs is 1. The molecule has 0 aliphatic rings. The van der Waals surface area contributed by atoms with E-state index in [-0.39, 0.29) is 32.0 Å². The molecule has 3 rings (SSSR count). The third-order valence-electron chi connectivity index (χ3n) is 4.93. The number of nitrogens with zero attached hydrogens (tertiary/aromatic N) is 3. The molecule has 0 bridgehead atoms. The highest BCUT2D eigenvalue weighted by atomic mass is 16.6. The zero-order chi connectivity index (χ0) is 22.2. The van der Waals surface area contributed by atoms with Gasteiger partial charge in [0.05, 0.1) is 17.6 Å². The average Bonchev–Trinajstić information content (AvgIpc) is 3.15. The molecule has 0 amide bonds. The number of ether oxygens (including phenoxy) is 1. The minimum absolute atomic E-state index is 0.0158. The minimum Gasteiger partial charge on any atom is -0.491 e. The molecule has 0 aliphatic carbocycles. The van der Waals surface area contributed by atoms with Crippen LogP contribution < -0.4 is 4.74 Å². The van der Waals surface area contributed by atoms with Crippen LogP contribution in [0, 0.1) is 10.1 Å². The molecular formula is C22H27N3O6. The summed E-state index contributed by atoms with van der Waals surface area (Å²) in [5.41, 5.74) is 0.998. The fraction of sp³-hybridized carbons (Fsp3) is 0.364. The third-order valence-corrected chi connectivity index (χ3v) is 4.93. The maximum atomic E-state index is 10.7. The van der Waals surface area contributed by atoms with E-state index in [4.69, 9.17) is 4.74 Å². The van der Waals surface area contributed by atoms with Crippen LogP contribution in [0.4, 0.5) is 5.69 Å². The van der Waals surface area contributed by atoms with Gasteiger partial charge in [0.15, 0.2) is 0 Å². The summed E-state index contributed by atoms with van der Waals surface area (Å²) in [6, 6.07) is 15.5. The Labute approximate surface area is 179 Å². The molecule has 0 aliphatic heterocycles. The van der Waals surface area contributed by atoms with Gasteiger partial charge >= 0.3 is 0 Å². The van der Waals surface area contributed by atoms with E-state index >= 15 is 0 Å². The van der Waals surface area contributed by atoms with Gasteiger partial charge in [0, 0.05) is 50.0 Å². The van der Waals surface area contributed by atoms with E-state index in [1.54, 1.807) is 4.90 Å². The van der Waals surface area contributed by atoms with Crippen LogP contribution in [0.3, 0.4) is 0 Å². The molecule has 0 spiro atoms. The number of aliphatic hydroxyl groups is 3. The number of non-ortho nitro benzene ring substituents is 1. The molecular weight excluding hydrogens is 402 g/mol. The average molecular weight is 429 g/mol. The first-order valence-electron chi connectivity index (χ1n) is 10.1. The first-order valence-corrected chi connectivity index (χ1v) is 10.1. The summed E-state index contributed by atoms with van der Waals surface area (Å²) < 4.78 is 7.47. The number of benzene rings is 2. The second-order valence-corrected chi connectivity index (χ2v) is 7.38. The van der Waals surface area contributed by atoms with E-state index in [2.05, 4.69) is 0 Å². The molecule has 0 saturated carbocycles. The molecule has 3 N–H and O–H groups in total. The second kappa shape index (κ2) is 10.9. The Morgan fingerprint density at radius 3 is 2.45 bits per heavy atom. The fourth-order valence-electron chi connectivity index (χ4n) is 3.49. The van der Waals surface area contributed by atoms with Gasteiger partial charge in [0.1, 0.15) is 18.5 Å². The van der Waals surface area contributed by atoms with Crippen LogP contribution in [-0.2, 0) is 6.54 Å². The SMILES string of the molecule is O=[N+]([O-])c1ccc(OCC(O)CN(CCO)CC(O)Cn2ccc3ccccc32)cc1. The summed E-state index contributed by atoms with van der Waals surface area (Å²) >= 11 is 0. The number of para-hydroxylation sites is 1. The van der Waals surface area contributed by atoms with Gasteiger partial charge in [-0.15, -0.1) is 0 Å². The van der Waals surface area contributed by atoms with E-state index in [1.165, 1.54) is 24.3 Å². The van der Waals surface area contributed by atoms with Crippen molar-refractivity contribution in [2.24, 2.45) is 0 Å². The number of hydrogen-bond acceptors (Lipinski definition) is 7. The van der Waals surface area contributed by atoms with E-state index in [0.29, 0.717) is 18.8 Å². The number of aromatic nitrogens is 1. The van der Waals surface area contributed by atoms with Crippen LogP contribution in [0.5, 0.6) is 5.75 Å². The molecule has 0 fully saturated rings. The first-order chi connectivity index (χ1) is 15.0. The number of nitro groups is 1. The van der Waals surface area contributed by atoms with E-state index in [1.807, 2.05) is 41.1 Å². The molecule has 3 aromatic rings. The predicted octanol–water partition coefficient (Wildman–Crippen LogP) is 1.64. The van der Waals surface area contributed by atoms with Crippen LogP contribution in [0.1, 0.15) is 0 Å². The van der Waals surface area contributed by atoms with Crippen molar-refractivity contribution < 1.29 is 25.0 Å². The number of hydrogen-bond donors (Lipinski definition) is 3.